The average Bonchev–Trinajstić information content (AvgIpc) is 3.59. The number of carbonyl (C=O) groups excluding carboxylic acids is 2. The van der Waals surface area contributed by atoms with Crippen LogP contribution in [0.15, 0.2) is 30.6 Å². The Morgan fingerprint density at radius 1 is 1.24 bits per heavy atom. The predicted octanol–water partition coefficient (Wildman–Crippen LogP) is 2.86. The van der Waals surface area contributed by atoms with E-state index in [1.807, 2.05) is 29.7 Å². The Labute approximate surface area is 198 Å². The van der Waals surface area contributed by atoms with Gasteiger partial charge in [-0.15, -0.1) is 0 Å². The van der Waals surface area contributed by atoms with Gasteiger partial charge in [-0.3, -0.25) is 9.59 Å². The highest BCUT2D eigenvalue weighted by Gasteiger charge is 2.48. The number of hydrogen-bond acceptors (Lipinski definition) is 6. The Morgan fingerprint density at radius 2 is 2.00 bits per heavy atom. The van der Waals surface area contributed by atoms with Crippen LogP contribution in [-0.2, 0) is 16.8 Å². The Hall–Kier alpha value is -3.49. The van der Waals surface area contributed by atoms with Gasteiger partial charge >= 0.3 is 0 Å². The molecule has 0 bridgehead atoms. The van der Waals surface area contributed by atoms with Crippen molar-refractivity contribution in [3.63, 3.8) is 0 Å². The number of hydrogen-bond donors (Lipinski definition) is 2. The minimum Gasteiger partial charge on any atom is -0.355 e. The van der Waals surface area contributed by atoms with E-state index in [2.05, 4.69) is 38.5 Å². The standard InChI is InChI=1S/C25H29N7O2/c1-3-32-21-19(30-22(32)23(33)28-15(2)16-8-9-16)20(26-14-27-21)31-12-10-25(11-13-31)17-6-4-5-7-18(17)29-24(25)34/h4-7,14-16H,3,8-13H2,1-2H3,(H,28,33)(H,29,34). The summed E-state index contributed by atoms with van der Waals surface area (Å²) in [5.74, 6) is 1.59. The lowest BCUT2D eigenvalue weighted by Crippen LogP contribution is -2.46. The fourth-order valence-electron chi connectivity index (χ4n) is 5.58. The lowest BCUT2D eigenvalue weighted by molar-refractivity contribution is -0.121. The summed E-state index contributed by atoms with van der Waals surface area (Å²) in [4.78, 5) is 41.9. The average molecular weight is 460 g/mol. The number of nitrogens with zero attached hydrogens (tertiary/aromatic N) is 5. The van der Waals surface area contributed by atoms with Crippen LogP contribution in [0.4, 0.5) is 11.5 Å². The molecular weight excluding hydrogens is 430 g/mol. The van der Waals surface area contributed by atoms with Gasteiger partial charge in [-0.2, -0.15) is 0 Å². The summed E-state index contributed by atoms with van der Waals surface area (Å²) in [5.41, 5.74) is 2.82. The van der Waals surface area contributed by atoms with Crippen molar-refractivity contribution in [2.75, 3.05) is 23.3 Å². The van der Waals surface area contributed by atoms with E-state index in [0.717, 1.165) is 17.1 Å². The first kappa shape index (κ1) is 21.1. The van der Waals surface area contributed by atoms with E-state index in [1.165, 1.54) is 12.8 Å². The zero-order valence-electron chi connectivity index (χ0n) is 19.5. The van der Waals surface area contributed by atoms with Gasteiger partial charge in [0.05, 0.1) is 5.41 Å². The Balaban J connectivity index is 1.30. The molecule has 0 radical (unpaired) electrons. The Bertz CT molecular complexity index is 1290. The fourth-order valence-corrected chi connectivity index (χ4v) is 5.58. The maximum Gasteiger partial charge on any atom is 0.287 e. The van der Waals surface area contributed by atoms with Gasteiger partial charge in [-0.1, -0.05) is 18.2 Å². The molecule has 2 N–H and O–H groups in total. The number of para-hydroxylation sites is 1. The van der Waals surface area contributed by atoms with Crippen LogP contribution in [0.2, 0.25) is 0 Å². The summed E-state index contributed by atoms with van der Waals surface area (Å²) in [6, 6.07) is 8.11. The minimum atomic E-state index is -0.494. The van der Waals surface area contributed by atoms with Gasteiger partial charge in [-0.25, -0.2) is 15.0 Å². The third-order valence-electron chi connectivity index (χ3n) is 7.76. The van der Waals surface area contributed by atoms with Crippen LogP contribution in [-0.4, -0.2) is 50.5 Å². The molecule has 3 aromatic rings. The number of benzene rings is 1. The predicted molar refractivity (Wildman–Crippen MR) is 129 cm³/mol. The second-order valence-corrected chi connectivity index (χ2v) is 9.72. The highest BCUT2D eigenvalue weighted by Crippen LogP contribution is 2.45. The molecule has 1 saturated heterocycles. The molecule has 1 aliphatic carbocycles. The van der Waals surface area contributed by atoms with Crippen molar-refractivity contribution in [2.45, 2.75) is 57.5 Å². The van der Waals surface area contributed by atoms with E-state index in [9.17, 15) is 9.59 Å². The SMILES string of the molecule is CCn1c(C(=O)NC(C)C2CC2)nc2c(N3CCC4(CC3)C(=O)Nc3ccccc34)ncnc21. The van der Waals surface area contributed by atoms with Gasteiger partial charge in [-0.05, 0) is 57.1 Å². The van der Waals surface area contributed by atoms with Crippen molar-refractivity contribution in [1.29, 1.82) is 0 Å². The zero-order chi connectivity index (χ0) is 23.4. The molecule has 34 heavy (non-hydrogen) atoms. The van der Waals surface area contributed by atoms with Gasteiger partial charge in [0, 0.05) is 31.4 Å². The van der Waals surface area contributed by atoms with Crippen molar-refractivity contribution < 1.29 is 9.59 Å². The molecule has 1 unspecified atom stereocenters. The van der Waals surface area contributed by atoms with Crippen molar-refractivity contribution in [1.82, 2.24) is 24.8 Å². The number of piperidine rings is 1. The quantitative estimate of drug-likeness (QED) is 0.608. The molecule has 2 amide bonds. The first-order valence-electron chi connectivity index (χ1n) is 12.2. The number of aryl methyl sites for hydroxylation is 1. The number of imidazole rings is 1. The van der Waals surface area contributed by atoms with Crippen molar-refractivity contribution in [2.24, 2.45) is 5.92 Å². The van der Waals surface area contributed by atoms with E-state index in [4.69, 9.17) is 4.98 Å². The molecule has 1 atom stereocenters. The summed E-state index contributed by atoms with van der Waals surface area (Å²) in [6.45, 7) is 5.99. The van der Waals surface area contributed by atoms with Gasteiger partial charge in [0.1, 0.15) is 6.33 Å². The minimum absolute atomic E-state index is 0.0835. The van der Waals surface area contributed by atoms with E-state index >= 15 is 0 Å². The number of carbonyl (C=O) groups is 2. The summed E-state index contributed by atoms with van der Waals surface area (Å²) >= 11 is 0. The van der Waals surface area contributed by atoms with Crippen molar-refractivity contribution in [3.05, 3.63) is 42.0 Å². The third kappa shape index (κ3) is 3.17. The van der Waals surface area contributed by atoms with Gasteiger partial charge in [0.2, 0.25) is 11.7 Å². The molecule has 176 valence electrons. The van der Waals surface area contributed by atoms with Crippen LogP contribution in [0.3, 0.4) is 0 Å². The van der Waals surface area contributed by atoms with E-state index in [1.54, 1.807) is 6.33 Å². The summed E-state index contributed by atoms with van der Waals surface area (Å²) in [7, 11) is 0. The third-order valence-corrected chi connectivity index (χ3v) is 7.76. The van der Waals surface area contributed by atoms with Crippen LogP contribution < -0.4 is 15.5 Å². The second-order valence-electron chi connectivity index (χ2n) is 9.72. The maximum atomic E-state index is 13.0. The smallest absolute Gasteiger partial charge is 0.287 e. The lowest BCUT2D eigenvalue weighted by Gasteiger charge is -2.38. The number of rotatable bonds is 5. The number of fused-ring (bicyclic) bond motifs is 3. The molecule has 9 nitrogen and oxygen atoms in total. The largest absolute Gasteiger partial charge is 0.355 e. The van der Waals surface area contributed by atoms with Crippen molar-refractivity contribution in [3.8, 4) is 0 Å². The molecule has 4 heterocycles. The topological polar surface area (TPSA) is 105 Å². The van der Waals surface area contributed by atoms with Crippen LogP contribution in [0.1, 0.15) is 55.7 Å². The summed E-state index contributed by atoms with van der Waals surface area (Å²) < 4.78 is 1.86. The monoisotopic (exact) mass is 459 g/mol. The molecule has 6 rings (SSSR count). The van der Waals surface area contributed by atoms with Gasteiger partial charge < -0.3 is 20.1 Å². The molecule has 2 aromatic heterocycles. The summed E-state index contributed by atoms with van der Waals surface area (Å²) in [5, 5.41) is 6.17. The molecule has 3 aliphatic rings. The molecule has 1 spiro atoms. The van der Waals surface area contributed by atoms with Crippen LogP contribution in [0, 0.1) is 5.92 Å². The number of anilines is 2. The van der Waals surface area contributed by atoms with Crippen LogP contribution in [0.5, 0.6) is 0 Å². The maximum absolute atomic E-state index is 13.0. The first-order chi connectivity index (χ1) is 16.5. The molecule has 9 heteroatoms. The van der Waals surface area contributed by atoms with E-state index in [0.29, 0.717) is 55.4 Å². The zero-order valence-corrected chi connectivity index (χ0v) is 19.5. The molecule has 2 fully saturated rings. The fraction of sp³-hybridized carbons (Fsp3) is 0.480. The normalized spacial score (nSPS) is 19.8. The Kier molecular flexibility index (Phi) is 4.82. The second kappa shape index (κ2) is 7.78. The lowest BCUT2D eigenvalue weighted by atomic mass is 9.73. The molecular formula is C25H29N7O2. The number of aromatic nitrogens is 4. The summed E-state index contributed by atoms with van der Waals surface area (Å²) in [6.07, 6.45) is 5.27. The number of amides is 2. The molecule has 2 aliphatic heterocycles. The first-order valence-corrected chi connectivity index (χ1v) is 12.2. The van der Waals surface area contributed by atoms with Crippen LogP contribution in [0.25, 0.3) is 11.2 Å². The molecule has 1 aromatic carbocycles. The van der Waals surface area contributed by atoms with Gasteiger partial charge in [0.25, 0.3) is 5.91 Å². The molecule has 1 saturated carbocycles. The van der Waals surface area contributed by atoms with E-state index in [-0.39, 0.29) is 17.9 Å². The number of nitrogens with one attached hydrogen (secondary N) is 2. The Morgan fingerprint density at radius 3 is 2.74 bits per heavy atom. The van der Waals surface area contributed by atoms with Crippen molar-refractivity contribution >= 4 is 34.5 Å². The van der Waals surface area contributed by atoms with Gasteiger partial charge in [0.15, 0.2) is 17.0 Å². The van der Waals surface area contributed by atoms with E-state index < -0.39 is 5.41 Å². The van der Waals surface area contributed by atoms with Crippen LogP contribution >= 0.6 is 0 Å². The highest BCUT2D eigenvalue weighted by molar-refractivity contribution is 6.06. The highest BCUT2D eigenvalue weighted by atomic mass is 16.2.